The zero-order valence-corrected chi connectivity index (χ0v) is 15.9. The standard InChI is InChI=1S/C22H20N2O5/c1-27-21-11-10-18(13-22(21)28-15-17-6-3-2-4-7-17)14-23-29-16-19-8-5-9-20(12-19)24(25)26/h2-14H,15-16H2,1H3/b23-14-. The Morgan fingerprint density at radius 1 is 0.931 bits per heavy atom. The molecule has 0 N–H and O–H groups in total. The van der Waals surface area contributed by atoms with Crippen molar-refractivity contribution in [1.29, 1.82) is 0 Å². The number of benzene rings is 3. The molecule has 0 bridgehead atoms. The van der Waals surface area contributed by atoms with Crippen LogP contribution in [-0.2, 0) is 18.1 Å². The number of nitrogens with zero attached hydrogens (tertiary/aromatic N) is 2. The third-order valence-electron chi connectivity index (χ3n) is 4.05. The summed E-state index contributed by atoms with van der Waals surface area (Å²) in [6.45, 7) is 0.548. The molecular weight excluding hydrogens is 372 g/mol. The van der Waals surface area contributed by atoms with E-state index in [0.29, 0.717) is 23.7 Å². The van der Waals surface area contributed by atoms with Gasteiger partial charge in [0.1, 0.15) is 13.2 Å². The van der Waals surface area contributed by atoms with E-state index in [9.17, 15) is 10.1 Å². The number of nitro groups is 1. The molecule has 0 heterocycles. The summed E-state index contributed by atoms with van der Waals surface area (Å²) in [5.74, 6) is 1.22. The van der Waals surface area contributed by atoms with Gasteiger partial charge in [0, 0.05) is 17.7 Å². The zero-order valence-electron chi connectivity index (χ0n) is 15.9. The highest BCUT2D eigenvalue weighted by molar-refractivity contribution is 5.80. The van der Waals surface area contributed by atoms with Gasteiger partial charge in [-0.3, -0.25) is 10.1 Å². The van der Waals surface area contributed by atoms with Crippen LogP contribution in [-0.4, -0.2) is 18.2 Å². The highest BCUT2D eigenvalue weighted by Gasteiger charge is 2.07. The lowest BCUT2D eigenvalue weighted by atomic mass is 10.2. The fourth-order valence-corrected chi connectivity index (χ4v) is 2.59. The second kappa shape index (κ2) is 9.89. The van der Waals surface area contributed by atoms with Crippen LogP contribution in [0.3, 0.4) is 0 Å². The van der Waals surface area contributed by atoms with Crippen molar-refractivity contribution in [1.82, 2.24) is 0 Å². The van der Waals surface area contributed by atoms with Gasteiger partial charge in [-0.25, -0.2) is 0 Å². The number of rotatable bonds is 9. The van der Waals surface area contributed by atoms with E-state index in [1.165, 1.54) is 12.1 Å². The molecule has 0 aliphatic heterocycles. The summed E-state index contributed by atoms with van der Waals surface area (Å²) in [6.07, 6.45) is 1.55. The first-order valence-corrected chi connectivity index (χ1v) is 8.89. The highest BCUT2D eigenvalue weighted by Crippen LogP contribution is 2.28. The van der Waals surface area contributed by atoms with E-state index in [1.54, 1.807) is 31.5 Å². The van der Waals surface area contributed by atoms with E-state index in [0.717, 1.165) is 11.1 Å². The minimum atomic E-state index is -0.443. The van der Waals surface area contributed by atoms with E-state index in [-0.39, 0.29) is 12.3 Å². The lowest BCUT2D eigenvalue weighted by Gasteiger charge is -2.11. The fourth-order valence-electron chi connectivity index (χ4n) is 2.59. The van der Waals surface area contributed by atoms with Crippen LogP contribution in [0.25, 0.3) is 0 Å². The average molecular weight is 392 g/mol. The van der Waals surface area contributed by atoms with E-state index in [1.807, 2.05) is 42.5 Å². The van der Waals surface area contributed by atoms with Gasteiger partial charge in [0.2, 0.25) is 0 Å². The SMILES string of the molecule is COc1ccc(/C=N\OCc2cccc([N+](=O)[O-])c2)cc1OCc1ccccc1. The Hall–Kier alpha value is -3.87. The molecule has 0 radical (unpaired) electrons. The maximum absolute atomic E-state index is 10.8. The number of nitro benzene ring substituents is 1. The summed E-state index contributed by atoms with van der Waals surface area (Å²) in [7, 11) is 1.58. The minimum Gasteiger partial charge on any atom is -0.493 e. The Bertz CT molecular complexity index is 990. The Kier molecular flexibility index (Phi) is 6.78. The molecular formula is C22H20N2O5. The molecule has 0 aromatic heterocycles. The van der Waals surface area contributed by atoms with Crippen molar-refractivity contribution in [2.24, 2.45) is 5.16 Å². The summed E-state index contributed by atoms with van der Waals surface area (Å²) in [6, 6.07) is 21.5. The van der Waals surface area contributed by atoms with Crippen molar-refractivity contribution >= 4 is 11.9 Å². The number of oxime groups is 1. The van der Waals surface area contributed by atoms with Gasteiger partial charge in [-0.1, -0.05) is 47.6 Å². The van der Waals surface area contributed by atoms with Crippen LogP contribution in [0.5, 0.6) is 11.5 Å². The average Bonchev–Trinajstić information content (AvgIpc) is 2.76. The van der Waals surface area contributed by atoms with Crippen molar-refractivity contribution in [3.63, 3.8) is 0 Å². The van der Waals surface area contributed by atoms with Crippen LogP contribution in [0, 0.1) is 10.1 Å². The molecule has 0 aliphatic carbocycles. The molecule has 0 saturated carbocycles. The minimum absolute atomic E-state index is 0.0189. The van der Waals surface area contributed by atoms with Crippen molar-refractivity contribution in [3.8, 4) is 11.5 Å². The molecule has 0 spiro atoms. The maximum atomic E-state index is 10.8. The summed E-state index contributed by atoms with van der Waals surface area (Å²) in [4.78, 5) is 15.6. The van der Waals surface area contributed by atoms with Gasteiger partial charge in [-0.15, -0.1) is 0 Å². The Morgan fingerprint density at radius 3 is 2.48 bits per heavy atom. The normalized spacial score (nSPS) is 10.7. The van der Waals surface area contributed by atoms with Crippen LogP contribution in [0.2, 0.25) is 0 Å². The zero-order chi connectivity index (χ0) is 20.5. The van der Waals surface area contributed by atoms with Gasteiger partial charge >= 0.3 is 0 Å². The van der Waals surface area contributed by atoms with Gasteiger partial charge in [0.25, 0.3) is 5.69 Å². The van der Waals surface area contributed by atoms with Crippen LogP contribution in [0.15, 0.2) is 78.0 Å². The molecule has 7 nitrogen and oxygen atoms in total. The first-order valence-electron chi connectivity index (χ1n) is 8.89. The number of hydrogen-bond donors (Lipinski definition) is 0. The van der Waals surface area contributed by atoms with Crippen LogP contribution in [0.4, 0.5) is 5.69 Å². The number of ether oxygens (including phenoxy) is 2. The predicted octanol–water partition coefficient (Wildman–Crippen LogP) is 4.73. The summed E-state index contributed by atoms with van der Waals surface area (Å²) < 4.78 is 11.2. The first-order chi connectivity index (χ1) is 14.2. The molecule has 0 aliphatic rings. The molecule has 29 heavy (non-hydrogen) atoms. The van der Waals surface area contributed by atoms with E-state index >= 15 is 0 Å². The summed E-state index contributed by atoms with van der Waals surface area (Å²) in [5.41, 5.74) is 2.50. The Morgan fingerprint density at radius 2 is 1.72 bits per heavy atom. The van der Waals surface area contributed by atoms with Gasteiger partial charge in [0.15, 0.2) is 11.5 Å². The van der Waals surface area contributed by atoms with E-state index in [2.05, 4.69) is 5.16 Å². The number of methoxy groups -OCH3 is 1. The molecule has 0 amide bonds. The van der Waals surface area contributed by atoms with Crippen molar-refractivity contribution in [2.45, 2.75) is 13.2 Å². The third-order valence-corrected chi connectivity index (χ3v) is 4.05. The second-order valence-electron chi connectivity index (χ2n) is 6.12. The summed E-state index contributed by atoms with van der Waals surface area (Å²) >= 11 is 0. The second-order valence-corrected chi connectivity index (χ2v) is 6.12. The molecule has 0 unspecified atom stereocenters. The maximum Gasteiger partial charge on any atom is 0.269 e. The summed E-state index contributed by atoms with van der Waals surface area (Å²) in [5, 5.41) is 14.7. The molecule has 3 aromatic rings. The Labute approximate surface area is 168 Å². The molecule has 3 aromatic carbocycles. The topological polar surface area (TPSA) is 83.2 Å². The number of hydrogen-bond acceptors (Lipinski definition) is 6. The van der Waals surface area contributed by atoms with Gasteiger partial charge in [-0.05, 0) is 29.3 Å². The first kappa shape index (κ1) is 19.9. The van der Waals surface area contributed by atoms with Crippen molar-refractivity contribution < 1.29 is 19.2 Å². The molecule has 0 fully saturated rings. The van der Waals surface area contributed by atoms with Crippen LogP contribution in [0.1, 0.15) is 16.7 Å². The third kappa shape index (κ3) is 5.80. The fraction of sp³-hybridized carbons (Fsp3) is 0.136. The van der Waals surface area contributed by atoms with Gasteiger partial charge in [-0.2, -0.15) is 0 Å². The van der Waals surface area contributed by atoms with Crippen LogP contribution < -0.4 is 9.47 Å². The van der Waals surface area contributed by atoms with E-state index < -0.39 is 4.92 Å². The largest absolute Gasteiger partial charge is 0.493 e. The predicted molar refractivity (Wildman–Crippen MR) is 109 cm³/mol. The van der Waals surface area contributed by atoms with Crippen molar-refractivity contribution in [2.75, 3.05) is 7.11 Å². The quantitative estimate of drug-likeness (QED) is 0.299. The lowest BCUT2D eigenvalue weighted by molar-refractivity contribution is -0.384. The lowest BCUT2D eigenvalue weighted by Crippen LogP contribution is -1.98. The molecule has 0 saturated heterocycles. The molecule has 0 atom stereocenters. The smallest absolute Gasteiger partial charge is 0.269 e. The molecule has 3 rings (SSSR count). The van der Waals surface area contributed by atoms with Crippen LogP contribution >= 0.6 is 0 Å². The van der Waals surface area contributed by atoms with E-state index in [4.69, 9.17) is 14.3 Å². The van der Waals surface area contributed by atoms with Gasteiger partial charge < -0.3 is 14.3 Å². The monoisotopic (exact) mass is 392 g/mol. The highest BCUT2D eigenvalue weighted by atomic mass is 16.6. The molecule has 148 valence electrons. The van der Waals surface area contributed by atoms with Crippen molar-refractivity contribution in [3.05, 3.63) is 99.6 Å². The number of non-ortho nitro benzene ring substituents is 1. The molecule has 7 heteroatoms. The van der Waals surface area contributed by atoms with Gasteiger partial charge in [0.05, 0.1) is 18.2 Å². The Balaban J connectivity index is 1.61.